The van der Waals surface area contributed by atoms with E-state index in [9.17, 15) is 13.2 Å². The Bertz CT molecular complexity index is 980. The summed E-state index contributed by atoms with van der Waals surface area (Å²) in [6, 6.07) is 5.47. The Hall–Kier alpha value is -2.13. The third kappa shape index (κ3) is 3.60. The molecular weight excluding hydrogens is 380 g/mol. The molecule has 0 unspecified atom stereocenters. The van der Waals surface area contributed by atoms with Crippen molar-refractivity contribution in [2.45, 2.75) is 32.2 Å². The van der Waals surface area contributed by atoms with Gasteiger partial charge in [0, 0.05) is 32.2 Å². The number of amides is 1. The van der Waals surface area contributed by atoms with E-state index in [0.717, 1.165) is 25.0 Å². The number of nitrogens with zero attached hydrogens (tertiary/aromatic N) is 3. The van der Waals surface area contributed by atoms with Crippen LogP contribution in [0.15, 0.2) is 22.6 Å². The lowest BCUT2D eigenvalue weighted by molar-refractivity contribution is 0.0621. The van der Waals surface area contributed by atoms with Crippen LogP contribution in [0.2, 0.25) is 0 Å². The minimum Gasteiger partial charge on any atom is -0.460 e. The highest BCUT2D eigenvalue weighted by Gasteiger charge is 2.42. The minimum atomic E-state index is -3.19. The molecule has 2 aliphatic rings. The summed E-state index contributed by atoms with van der Waals surface area (Å²) in [6.07, 6.45) is 3.83. The first kappa shape index (κ1) is 19.2. The van der Waals surface area contributed by atoms with E-state index in [4.69, 9.17) is 4.42 Å². The van der Waals surface area contributed by atoms with Gasteiger partial charge in [-0.3, -0.25) is 9.89 Å². The summed E-state index contributed by atoms with van der Waals surface area (Å²) in [5, 5.41) is 7.05. The number of H-pyrrole nitrogens is 1. The van der Waals surface area contributed by atoms with Gasteiger partial charge in [0.15, 0.2) is 11.5 Å². The summed E-state index contributed by atoms with van der Waals surface area (Å²) in [4.78, 5) is 14.8. The fourth-order valence-electron chi connectivity index (χ4n) is 4.50. The van der Waals surface area contributed by atoms with Crippen LogP contribution in [0.1, 0.15) is 35.5 Å². The molecule has 1 saturated heterocycles. The second-order valence-corrected chi connectivity index (χ2v) is 10.1. The molecule has 0 spiro atoms. The second-order valence-electron chi connectivity index (χ2n) is 8.04. The fraction of sp³-hybridized carbons (Fsp3) is 0.579. The van der Waals surface area contributed by atoms with E-state index in [1.54, 1.807) is 13.1 Å². The number of hydrogen-bond acceptors (Lipinski definition) is 5. The number of aromatic nitrogens is 2. The summed E-state index contributed by atoms with van der Waals surface area (Å²) in [6.45, 7) is 3.20. The van der Waals surface area contributed by atoms with Gasteiger partial charge in [0.25, 0.3) is 5.91 Å². The lowest BCUT2D eigenvalue weighted by Gasteiger charge is -2.34. The molecule has 2 fully saturated rings. The molecule has 1 saturated carbocycles. The number of fused-ring (bicyclic) bond motifs is 1. The van der Waals surface area contributed by atoms with E-state index in [0.29, 0.717) is 42.1 Å². The van der Waals surface area contributed by atoms with Crippen LogP contribution in [0, 0.1) is 18.8 Å². The molecular formula is C19H26N4O4S. The Morgan fingerprint density at radius 3 is 2.75 bits per heavy atom. The number of likely N-dealkylation sites (tertiary alicyclic amines) is 1. The zero-order valence-corrected chi connectivity index (χ0v) is 17.2. The van der Waals surface area contributed by atoms with Crippen molar-refractivity contribution < 1.29 is 17.6 Å². The van der Waals surface area contributed by atoms with Crippen molar-refractivity contribution in [2.75, 3.05) is 26.4 Å². The Balaban J connectivity index is 1.43. The van der Waals surface area contributed by atoms with Gasteiger partial charge in [-0.15, -0.1) is 0 Å². The van der Waals surface area contributed by atoms with Crippen molar-refractivity contribution >= 4 is 15.9 Å². The van der Waals surface area contributed by atoms with Gasteiger partial charge in [-0.1, -0.05) is 0 Å². The monoisotopic (exact) mass is 406 g/mol. The Morgan fingerprint density at radius 1 is 1.32 bits per heavy atom. The van der Waals surface area contributed by atoms with Gasteiger partial charge in [-0.05, 0) is 50.2 Å². The summed E-state index contributed by atoms with van der Waals surface area (Å²) >= 11 is 0. The molecule has 0 aromatic carbocycles. The van der Waals surface area contributed by atoms with Crippen molar-refractivity contribution in [3.8, 4) is 11.5 Å². The number of aromatic amines is 1. The van der Waals surface area contributed by atoms with Gasteiger partial charge in [0.2, 0.25) is 10.0 Å². The van der Waals surface area contributed by atoms with E-state index >= 15 is 0 Å². The Labute approximate surface area is 164 Å². The summed E-state index contributed by atoms with van der Waals surface area (Å²) < 4.78 is 30.8. The van der Waals surface area contributed by atoms with Crippen LogP contribution in [0.25, 0.3) is 11.5 Å². The van der Waals surface area contributed by atoms with Gasteiger partial charge in [-0.25, -0.2) is 12.7 Å². The molecule has 2 aromatic heterocycles. The van der Waals surface area contributed by atoms with Gasteiger partial charge < -0.3 is 9.32 Å². The number of hydrogen-bond donors (Lipinski definition) is 1. The van der Waals surface area contributed by atoms with Crippen LogP contribution in [0.4, 0.5) is 0 Å². The predicted molar refractivity (Wildman–Crippen MR) is 104 cm³/mol. The van der Waals surface area contributed by atoms with Crippen LogP contribution >= 0.6 is 0 Å². The van der Waals surface area contributed by atoms with E-state index in [1.165, 1.54) is 10.6 Å². The highest BCUT2D eigenvalue weighted by atomic mass is 32.2. The number of nitrogens with one attached hydrogen (secondary N) is 1. The maximum Gasteiger partial charge on any atom is 0.274 e. The number of aryl methyl sites for hydroxylation is 1. The topological polar surface area (TPSA) is 99.5 Å². The second kappa shape index (κ2) is 7.04. The van der Waals surface area contributed by atoms with Crippen LogP contribution in [-0.2, 0) is 10.0 Å². The molecule has 1 aliphatic heterocycles. The lowest BCUT2D eigenvalue weighted by atomic mass is 9.88. The molecule has 9 heteroatoms. The number of carbonyl (C=O) groups excluding carboxylic acids is 1. The third-order valence-corrected chi connectivity index (χ3v) is 7.51. The molecule has 8 nitrogen and oxygen atoms in total. The lowest BCUT2D eigenvalue weighted by Crippen LogP contribution is -2.42. The van der Waals surface area contributed by atoms with Gasteiger partial charge in [0.1, 0.15) is 11.5 Å². The molecule has 1 N–H and O–H groups in total. The maximum atomic E-state index is 12.9. The molecule has 3 atom stereocenters. The first-order chi connectivity index (χ1) is 13.2. The SMILES string of the molecule is Cc1ccc(-c2cc(C(=O)N3CC[C@@H]4C[C@H](N(C)S(C)(=O)=O)C[C@@H]4C3)n[nH]2)o1. The Kier molecular flexibility index (Phi) is 4.83. The minimum absolute atomic E-state index is 0.0271. The van der Waals surface area contributed by atoms with Gasteiger partial charge >= 0.3 is 0 Å². The maximum absolute atomic E-state index is 12.9. The average molecular weight is 407 g/mol. The van der Waals surface area contributed by atoms with Crippen molar-refractivity contribution in [1.82, 2.24) is 19.4 Å². The van der Waals surface area contributed by atoms with E-state index in [2.05, 4.69) is 10.2 Å². The average Bonchev–Trinajstić information content (AvgIpc) is 3.37. The van der Waals surface area contributed by atoms with Crippen molar-refractivity contribution in [1.29, 1.82) is 0 Å². The standard InChI is InChI=1S/C19H26N4O4S/c1-12-4-5-18(27-12)16-10-17(21-20-16)19(24)23-7-6-13-8-15(9-14(13)11-23)22(2)28(3,25)26/h4-5,10,13-15H,6-9,11H2,1-3H3,(H,20,21)/t13-,14-,15+/m1/s1. The number of sulfonamides is 1. The first-order valence-electron chi connectivity index (χ1n) is 9.57. The molecule has 28 heavy (non-hydrogen) atoms. The highest BCUT2D eigenvalue weighted by Crippen LogP contribution is 2.40. The van der Waals surface area contributed by atoms with Crippen LogP contribution < -0.4 is 0 Å². The zero-order chi connectivity index (χ0) is 20.1. The number of rotatable bonds is 4. The summed E-state index contributed by atoms with van der Waals surface area (Å²) in [5.41, 5.74) is 1.06. The van der Waals surface area contributed by atoms with E-state index < -0.39 is 10.0 Å². The van der Waals surface area contributed by atoms with Crippen molar-refractivity contribution in [3.05, 3.63) is 29.7 Å². The van der Waals surface area contributed by atoms with Crippen molar-refractivity contribution in [2.24, 2.45) is 11.8 Å². The summed E-state index contributed by atoms with van der Waals surface area (Å²) in [7, 11) is -1.54. The number of furan rings is 1. The smallest absolute Gasteiger partial charge is 0.274 e. The van der Waals surface area contributed by atoms with Crippen LogP contribution in [0.3, 0.4) is 0 Å². The number of piperidine rings is 1. The normalized spacial score (nSPS) is 25.3. The molecule has 4 rings (SSSR count). The molecule has 1 amide bonds. The molecule has 152 valence electrons. The highest BCUT2D eigenvalue weighted by molar-refractivity contribution is 7.88. The largest absolute Gasteiger partial charge is 0.460 e. The molecule has 2 aromatic rings. The van der Waals surface area contributed by atoms with Crippen molar-refractivity contribution in [3.63, 3.8) is 0 Å². The molecule has 0 bridgehead atoms. The number of carbonyl (C=O) groups is 1. The fourth-order valence-corrected chi connectivity index (χ4v) is 5.22. The van der Waals surface area contributed by atoms with Crippen LogP contribution in [-0.4, -0.2) is 66.2 Å². The quantitative estimate of drug-likeness (QED) is 0.838. The van der Waals surface area contributed by atoms with E-state index in [1.807, 2.05) is 24.0 Å². The molecule has 1 aliphatic carbocycles. The Morgan fingerprint density at radius 2 is 2.07 bits per heavy atom. The van der Waals surface area contributed by atoms with E-state index in [-0.39, 0.29) is 11.9 Å². The third-order valence-electron chi connectivity index (χ3n) is 6.17. The molecule has 3 heterocycles. The summed E-state index contributed by atoms with van der Waals surface area (Å²) in [5.74, 6) is 2.17. The predicted octanol–water partition coefficient (Wildman–Crippen LogP) is 2.11. The zero-order valence-electron chi connectivity index (χ0n) is 16.4. The van der Waals surface area contributed by atoms with Gasteiger partial charge in [-0.2, -0.15) is 5.10 Å². The van der Waals surface area contributed by atoms with Crippen LogP contribution in [0.5, 0.6) is 0 Å². The van der Waals surface area contributed by atoms with Gasteiger partial charge in [0.05, 0.1) is 6.26 Å². The molecule has 0 radical (unpaired) electrons. The first-order valence-corrected chi connectivity index (χ1v) is 11.4.